The van der Waals surface area contributed by atoms with E-state index in [1.165, 1.54) is 0 Å². The zero-order valence-corrected chi connectivity index (χ0v) is 13.1. The van der Waals surface area contributed by atoms with Crippen LogP contribution in [0.5, 0.6) is 11.5 Å². The molecule has 1 atom stereocenters. The molecule has 0 radical (unpaired) electrons. The second-order valence-electron chi connectivity index (χ2n) is 4.54. The van der Waals surface area contributed by atoms with E-state index in [2.05, 4.69) is 15.9 Å². The van der Waals surface area contributed by atoms with E-state index in [9.17, 15) is 5.11 Å². The highest BCUT2D eigenvalue weighted by Gasteiger charge is 2.08. The molecule has 0 fully saturated rings. The van der Waals surface area contributed by atoms with Gasteiger partial charge < -0.3 is 14.6 Å². The third kappa shape index (κ3) is 3.82. The van der Waals surface area contributed by atoms with E-state index < -0.39 is 6.10 Å². The highest BCUT2D eigenvalue weighted by molar-refractivity contribution is 9.10. The van der Waals surface area contributed by atoms with Gasteiger partial charge in [0.15, 0.2) is 0 Å². The van der Waals surface area contributed by atoms with E-state index in [1.807, 2.05) is 42.5 Å². The van der Waals surface area contributed by atoms with E-state index in [4.69, 9.17) is 9.47 Å². The van der Waals surface area contributed by atoms with E-state index in [-0.39, 0.29) is 0 Å². The molecule has 0 aliphatic rings. The molecule has 2 aromatic rings. The Kier molecular flexibility index (Phi) is 5.17. The first-order valence-corrected chi connectivity index (χ1v) is 7.12. The maximum Gasteiger partial charge on any atom is 0.128 e. The van der Waals surface area contributed by atoms with Crippen LogP contribution in [0.15, 0.2) is 46.9 Å². The summed E-state index contributed by atoms with van der Waals surface area (Å²) in [5, 5.41) is 9.60. The Labute approximate surface area is 127 Å². The monoisotopic (exact) mass is 336 g/mol. The number of methoxy groups -OCH3 is 1. The van der Waals surface area contributed by atoms with E-state index >= 15 is 0 Å². The molecule has 0 saturated carbocycles. The van der Waals surface area contributed by atoms with Crippen molar-refractivity contribution in [2.75, 3.05) is 7.11 Å². The van der Waals surface area contributed by atoms with Gasteiger partial charge in [-0.1, -0.05) is 34.1 Å². The Morgan fingerprint density at radius 3 is 2.55 bits per heavy atom. The van der Waals surface area contributed by atoms with Crippen molar-refractivity contribution in [1.82, 2.24) is 0 Å². The Hall–Kier alpha value is -1.36. The molecular formula is C16H17BrO3. The van der Waals surface area contributed by atoms with Gasteiger partial charge in [-0.2, -0.15) is 0 Å². The van der Waals surface area contributed by atoms with Gasteiger partial charge in [0.25, 0.3) is 0 Å². The van der Waals surface area contributed by atoms with Crippen molar-refractivity contribution >= 4 is 15.9 Å². The normalized spacial score (nSPS) is 12.2. The minimum Gasteiger partial charge on any atom is -0.457 e. The molecule has 0 aliphatic carbocycles. The molecular weight excluding hydrogens is 320 g/mol. The van der Waals surface area contributed by atoms with E-state index in [0.29, 0.717) is 6.61 Å². The van der Waals surface area contributed by atoms with Gasteiger partial charge >= 0.3 is 0 Å². The molecule has 0 unspecified atom stereocenters. The van der Waals surface area contributed by atoms with Crippen LogP contribution in [0.1, 0.15) is 24.2 Å². The number of ether oxygens (including phenoxy) is 2. The Bertz CT molecular complexity index is 582. The summed E-state index contributed by atoms with van der Waals surface area (Å²) in [6, 6.07) is 13.3. The fourth-order valence-electron chi connectivity index (χ4n) is 1.91. The second-order valence-corrected chi connectivity index (χ2v) is 5.40. The zero-order valence-electron chi connectivity index (χ0n) is 11.5. The summed E-state index contributed by atoms with van der Waals surface area (Å²) in [6.45, 7) is 2.29. The lowest BCUT2D eigenvalue weighted by Crippen LogP contribution is -1.94. The molecule has 0 aliphatic heterocycles. The topological polar surface area (TPSA) is 38.7 Å². The average molecular weight is 337 g/mol. The SMILES string of the molecule is COCc1cccc(Oc2ccc([C@H](C)O)c(Br)c2)c1. The van der Waals surface area contributed by atoms with Crippen LogP contribution in [0.25, 0.3) is 0 Å². The lowest BCUT2D eigenvalue weighted by Gasteiger charge is -2.11. The molecule has 20 heavy (non-hydrogen) atoms. The summed E-state index contributed by atoms with van der Waals surface area (Å²) in [5.74, 6) is 1.48. The van der Waals surface area contributed by atoms with Crippen LogP contribution in [0.2, 0.25) is 0 Å². The first-order chi connectivity index (χ1) is 9.60. The first-order valence-electron chi connectivity index (χ1n) is 6.33. The summed E-state index contributed by atoms with van der Waals surface area (Å²) in [4.78, 5) is 0. The van der Waals surface area contributed by atoms with Crippen LogP contribution in [0.3, 0.4) is 0 Å². The first kappa shape index (κ1) is 15.0. The maximum absolute atomic E-state index is 9.60. The number of halogens is 1. The summed E-state index contributed by atoms with van der Waals surface area (Å²) in [5.41, 5.74) is 1.90. The lowest BCUT2D eigenvalue weighted by molar-refractivity contribution is 0.184. The van der Waals surface area contributed by atoms with Crippen molar-refractivity contribution in [2.45, 2.75) is 19.6 Å². The van der Waals surface area contributed by atoms with Gasteiger partial charge in [0.05, 0.1) is 12.7 Å². The summed E-state index contributed by atoms with van der Waals surface area (Å²) >= 11 is 3.44. The number of aliphatic hydroxyl groups is 1. The van der Waals surface area contributed by atoms with Crippen LogP contribution >= 0.6 is 15.9 Å². The Morgan fingerprint density at radius 1 is 1.15 bits per heavy atom. The van der Waals surface area contributed by atoms with Gasteiger partial charge in [0, 0.05) is 11.6 Å². The van der Waals surface area contributed by atoms with Crippen molar-refractivity contribution in [3.63, 3.8) is 0 Å². The molecule has 0 aromatic heterocycles. The predicted molar refractivity (Wildman–Crippen MR) is 82.0 cm³/mol. The predicted octanol–water partition coefficient (Wildman–Crippen LogP) is 4.44. The standard InChI is InChI=1S/C16H17BrO3/c1-11(18)15-7-6-14(9-16(15)17)20-13-5-3-4-12(8-13)10-19-2/h3-9,11,18H,10H2,1-2H3/t11-/m0/s1. The zero-order chi connectivity index (χ0) is 14.5. The third-order valence-electron chi connectivity index (χ3n) is 2.87. The second kappa shape index (κ2) is 6.88. The molecule has 3 nitrogen and oxygen atoms in total. The lowest BCUT2D eigenvalue weighted by atomic mass is 10.1. The highest BCUT2D eigenvalue weighted by atomic mass is 79.9. The van der Waals surface area contributed by atoms with Gasteiger partial charge in [-0.15, -0.1) is 0 Å². The molecule has 106 valence electrons. The van der Waals surface area contributed by atoms with Gasteiger partial charge in [0.1, 0.15) is 11.5 Å². The molecule has 4 heteroatoms. The quantitative estimate of drug-likeness (QED) is 0.877. The summed E-state index contributed by atoms with van der Waals surface area (Å²) in [7, 11) is 1.67. The number of aliphatic hydroxyl groups excluding tert-OH is 1. The number of rotatable bonds is 5. The largest absolute Gasteiger partial charge is 0.457 e. The van der Waals surface area contributed by atoms with Crippen LogP contribution in [0, 0.1) is 0 Å². The smallest absolute Gasteiger partial charge is 0.128 e. The van der Waals surface area contributed by atoms with Crippen molar-refractivity contribution in [1.29, 1.82) is 0 Å². The number of hydrogen-bond donors (Lipinski definition) is 1. The van der Waals surface area contributed by atoms with Gasteiger partial charge in [-0.3, -0.25) is 0 Å². The molecule has 2 aromatic carbocycles. The summed E-state index contributed by atoms with van der Waals surface area (Å²) in [6.07, 6.45) is -0.511. The minimum atomic E-state index is -0.511. The van der Waals surface area contributed by atoms with Crippen LogP contribution in [-0.2, 0) is 11.3 Å². The van der Waals surface area contributed by atoms with Gasteiger partial charge in [0.2, 0.25) is 0 Å². The van der Waals surface area contributed by atoms with Crippen molar-refractivity contribution in [2.24, 2.45) is 0 Å². The van der Waals surface area contributed by atoms with Crippen molar-refractivity contribution in [3.05, 3.63) is 58.1 Å². The average Bonchev–Trinajstić information content (AvgIpc) is 2.39. The van der Waals surface area contributed by atoms with Gasteiger partial charge in [-0.25, -0.2) is 0 Å². The molecule has 1 N–H and O–H groups in total. The molecule has 2 rings (SSSR count). The van der Waals surface area contributed by atoms with Crippen molar-refractivity contribution in [3.8, 4) is 11.5 Å². The van der Waals surface area contributed by atoms with Gasteiger partial charge in [-0.05, 0) is 42.3 Å². The Morgan fingerprint density at radius 2 is 1.90 bits per heavy atom. The molecule has 0 saturated heterocycles. The van der Waals surface area contributed by atoms with Crippen molar-refractivity contribution < 1.29 is 14.6 Å². The number of hydrogen-bond acceptors (Lipinski definition) is 3. The molecule has 0 bridgehead atoms. The molecule has 0 amide bonds. The number of benzene rings is 2. The fourth-order valence-corrected chi connectivity index (χ4v) is 2.60. The van der Waals surface area contributed by atoms with Crippen LogP contribution in [0.4, 0.5) is 0 Å². The maximum atomic E-state index is 9.60. The minimum absolute atomic E-state index is 0.511. The fraction of sp³-hybridized carbons (Fsp3) is 0.250. The Balaban J connectivity index is 2.17. The van der Waals surface area contributed by atoms with E-state index in [0.717, 1.165) is 27.1 Å². The highest BCUT2D eigenvalue weighted by Crippen LogP contribution is 2.30. The third-order valence-corrected chi connectivity index (χ3v) is 3.55. The molecule has 0 spiro atoms. The van der Waals surface area contributed by atoms with Crippen LogP contribution in [-0.4, -0.2) is 12.2 Å². The summed E-state index contributed by atoms with van der Waals surface area (Å²) < 4.78 is 11.7. The van der Waals surface area contributed by atoms with E-state index in [1.54, 1.807) is 14.0 Å². The van der Waals surface area contributed by atoms with Crippen LogP contribution < -0.4 is 4.74 Å². The molecule has 0 heterocycles.